The molecule has 2 nitrogen and oxygen atoms in total. The molecule has 0 amide bonds. The fourth-order valence-corrected chi connectivity index (χ4v) is 0.345. The second kappa shape index (κ2) is 5.01. The van der Waals surface area contributed by atoms with Gasteiger partial charge in [-0.05, 0) is 19.9 Å². The van der Waals surface area contributed by atoms with Crippen LogP contribution in [0.3, 0.4) is 0 Å². The molecular formula is C7H9NO. The molecule has 0 saturated carbocycles. The summed E-state index contributed by atoms with van der Waals surface area (Å²) in [6, 6.07) is 0. The highest BCUT2D eigenvalue weighted by atomic mass is 16.1. The van der Waals surface area contributed by atoms with E-state index >= 15 is 0 Å². The van der Waals surface area contributed by atoms with Gasteiger partial charge in [-0.1, -0.05) is 12.2 Å². The average Bonchev–Trinajstić information content (AvgIpc) is 1.85. The van der Waals surface area contributed by atoms with Crippen molar-refractivity contribution >= 4 is 6.08 Å². The van der Waals surface area contributed by atoms with Gasteiger partial charge in [-0.15, -0.1) is 0 Å². The molecule has 0 spiro atoms. The van der Waals surface area contributed by atoms with E-state index in [9.17, 15) is 4.79 Å². The molecule has 48 valence electrons. The molecule has 0 N–H and O–H groups in total. The molecule has 0 radical (unpaired) electrons. The Morgan fingerprint density at radius 3 is 2.78 bits per heavy atom. The van der Waals surface area contributed by atoms with Crippen LogP contribution >= 0.6 is 0 Å². The maximum Gasteiger partial charge on any atom is 0.240 e. The molecule has 2 heteroatoms. The third kappa shape index (κ3) is 4.72. The van der Waals surface area contributed by atoms with E-state index in [0.717, 1.165) is 0 Å². The van der Waals surface area contributed by atoms with E-state index < -0.39 is 0 Å². The largest absolute Gasteiger partial charge is 0.240 e. The summed E-state index contributed by atoms with van der Waals surface area (Å²) < 4.78 is 0. The lowest BCUT2D eigenvalue weighted by atomic mass is 10.4. The molecule has 0 bridgehead atoms. The highest BCUT2D eigenvalue weighted by Gasteiger charge is 1.75. The van der Waals surface area contributed by atoms with E-state index in [1.54, 1.807) is 13.0 Å². The number of hydrogen-bond donors (Lipinski definition) is 0. The monoisotopic (exact) mass is 123 g/mol. The second-order valence-corrected chi connectivity index (χ2v) is 1.54. The summed E-state index contributed by atoms with van der Waals surface area (Å²) in [6.45, 7) is 3.64. The summed E-state index contributed by atoms with van der Waals surface area (Å²) in [5.74, 6) is 0. The Morgan fingerprint density at radius 1 is 1.67 bits per heavy atom. The molecule has 0 aliphatic carbocycles. The van der Waals surface area contributed by atoms with E-state index in [4.69, 9.17) is 0 Å². The zero-order valence-corrected chi connectivity index (χ0v) is 5.59. The van der Waals surface area contributed by atoms with Crippen molar-refractivity contribution in [2.45, 2.75) is 13.8 Å². The Bertz CT molecular complexity index is 173. The van der Waals surface area contributed by atoms with Crippen LogP contribution in [0, 0.1) is 0 Å². The lowest BCUT2D eigenvalue weighted by Crippen LogP contribution is -1.63. The summed E-state index contributed by atoms with van der Waals surface area (Å²) in [7, 11) is 0. The van der Waals surface area contributed by atoms with Crippen molar-refractivity contribution in [1.82, 2.24) is 0 Å². The van der Waals surface area contributed by atoms with E-state index in [-0.39, 0.29) is 0 Å². The van der Waals surface area contributed by atoms with E-state index in [2.05, 4.69) is 4.99 Å². The molecule has 0 aliphatic heterocycles. The average molecular weight is 123 g/mol. The number of carbonyl (C=O) groups excluding carboxylic acids is 1. The molecule has 0 rings (SSSR count). The van der Waals surface area contributed by atoms with Crippen LogP contribution in [0.5, 0.6) is 0 Å². The number of aliphatic imine (C=N–C) groups is 1. The van der Waals surface area contributed by atoms with Crippen LogP contribution < -0.4 is 0 Å². The molecule has 0 atom stereocenters. The van der Waals surface area contributed by atoms with Crippen LogP contribution in [0.25, 0.3) is 0 Å². The molecule has 0 aromatic rings. The summed E-state index contributed by atoms with van der Waals surface area (Å²) in [6.07, 6.45) is 6.87. The van der Waals surface area contributed by atoms with Gasteiger partial charge >= 0.3 is 0 Å². The maximum atomic E-state index is 9.62. The Kier molecular flexibility index (Phi) is 4.37. The smallest absolute Gasteiger partial charge is 0.211 e. The van der Waals surface area contributed by atoms with E-state index in [1.807, 2.05) is 19.1 Å². The van der Waals surface area contributed by atoms with Gasteiger partial charge in [0, 0.05) is 0 Å². The number of hydrogen-bond acceptors (Lipinski definition) is 2. The molecule has 0 aliphatic rings. The Hall–Kier alpha value is -1.14. The van der Waals surface area contributed by atoms with Crippen molar-refractivity contribution < 1.29 is 4.79 Å². The third-order valence-corrected chi connectivity index (χ3v) is 0.752. The normalized spacial score (nSPS) is 11.6. The lowest BCUT2D eigenvalue weighted by molar-refractivity contribution is 0.564. The van der Waals surface area contributed by atoms with Crippen molar-refractivity contribution in [3.63, 3.8) is 0 Å². The lowest BCUT2D eigenvalue weighted by Gasteiger charge is -1.79. The van der Waals surface area contributed by atoms with Crippen molar-refractivity contribution in [3.05, 3.63) is 23.9 Å². The zero-order valence-electron chi connectivity index (χ0n) is 5.59. The maximum absolute atomic E-state index is 9.62. The van der Waals surface area contributed by atoms with Gasteiger partial charge in [-0.2, -0.15) is 4.99 Å². The molecule has 0 heterocycles. The topological polar surface area (TPSA) is 29.4 Å². The van der Waals surface area contributed by atoms with Crippen LogP contribution in [0.1, 0.15) is 13.8 Å². The predicted molar refractivity (Wildman–Crippen MR) is 36.7 cm³/mol. The van der Waals surface area contributed by atoms with Crippen LogP contribution in [0.2, 0.25) is 0 Å². The summed E-state index contributed by atoms with van der Waals surface area (Å²) in [4.78, 5) is 13.0. The van der Waals surface area contributed by atoms with Gasteiger partial charge in [0.25, 0.3) is 0 Å². The molecule has 0 aromatic heterocycles. The Morgan fingerprint density at radius 2 is 2.33 bits per heavy atom. The van der Waals surface area contributed by atoms with Crippen LogP contribution in [-0.2, 0) is 4.79 Å². The molecule has 0 fully saturated rings. The van der Waals surface area contributed by atoms with E-state index in [0.29, 0.717) is 5.70 Å². The van der Waals surface area contributed by atoms with Crippen molar-refractivity contribution in [3.8, 4) is 0 Å². The first-order valence-electron chi connectivity index (χ1n) is 2.68. The van der Waals surface area contributed by atoms with E-state index in [1.165, 1.54) is 6.08 Å². The van der Waals surface area contributed by atoms with Gasteiger partial charge in [0.2, 0.25) is 6.08 Å². The highest BCUT2D eigenvalue weighted by Crippen LogP contribution is 1.91. The van der Waals surface area contributed by atoms with Gasteiger partial charge in [0.1, 0.15) is 0 Å². The molecule has 9 heavy (non-hydrogen) atoms. The minimum Gasteiger partial charge on any atom is -0.211 e. The second-order valence-electron chi connectivity index (χ2n) is 1.54. The number of isocyanates is 1. The zero-order chi connectivity index (χ0) is 7.11. The van der Waals surface area contributed by atoms with Gasteiger partial charge in [0.15, 0.2) is 0 Å². The van der Waals surface area contributed by atoms with Crippen LogP contribution in [-0.4, -0.2) is 6.08 Å². The first kappa shape index (κ1) is 7.86. The van der Waals surface area contributed by atoms with Crippen molar-refractivity contribution in [2.75, 3.05) is 0 Å². The number of rotatable bonds is 2. The van der Waals surface area contributed by atoms with Gasteiger partial charge in [-0.25, -0.2) is 4.79 Å². The van der Waals surface area contributed by atoms with Crippen molar-refractivity contribution in [2.24, 2.45) is 4.99 Å². The fourth-order valence-electron chi connectivity index (χ4n) is 0.345. The van der Waals surface area contributed by atoms with Crippen LogP contribution in [0.4, 0.5) is 0 Å². The number of nitrogens with zero attached hydrogens (tertiary/aromatic N) is 1. The highest BCUT2D eigenvalue weighted by molar-refractivity contribution is 5.36. The van der Waals surface area contributed by atoms with Gasteiger partial charge < -0.3 is 0 Å². The Labute approximate surface area is 54.6 Å². The predicted octanol–water partition coefficient (Wildman–Crippen LogP) is 1.80. The standard InChI is InChI=1S/C7H9NO/c1-3-4-5-7(2)8-6-9/h3-5H,1-2H3. The summed E-state index contributed by atoms with van der Waals surface area (Å²) >= 11 is 0. The first-order valence-corrected chi connectivity index (χ1v) is 2.68. The quantitative estimate of drug-likeness (QED) is 0.313. The van der Waals surface area contributed by atoms with Gasteiger partial charge in [0.05, 0.1) is 5.70 Å². The minimum atomic E-state index is 0.670. The summed E-state index contributed by atoms with van der Waals surface area (Å²) in [5, 5.41) is 0. The molecule has 0 unspecified atom stereocenters. The number of allylic oxidation sites excluding steroid dienone is 4. The van der Waals surface area contributed by atoms with Gasteiger partial charge in [-0.3, -0.25) is 0 Å². The molecular weight excluding hydrogens is 114 g/mol. The minimum absolute atomic E-state index is 0.670. The molecule has 0 saturated heterocycles. The van der Waals surface area contributed by atoms with Crippen molar-refractivity contribution in [1.29, 1.82) is 0 Å². The SMILES string of the molecule is CC=CC=C(C)N=C=O. The molecule has 0 aromatic carbocycles. The summed E-state index contributed by atoms with van der Waals surface area (Å²) in [5.41, 5.74) is 0.670. The Balaban J connectivity index is 3.99. The first-order chi connectivity index (χ1) is 4.31. The third-order valence-electron chi connectivity index (χ3n) is 0.752. The van der Waals surface area contributed by atoms with Crippen LogP contribution in [0.15, 0.2) is 28.9 Å². The fraction of sp³-hybridized carbons (Fsp3) is 0.286.